The second-order valence-corrected chi connectivity index (χ2v) is 4.25. The molecule has 1 unspecified atom stereocenters. The van der Waals surface area contributed by atoms with Crippen LogP contribution in [0.4, 0.5) is 0 Å². The van der Waals surface area contributed by atoms with E-state index in [4.69, 9.17) is 0 Å². The Morgan fingerprint density at radius 1 is 1.31 bits per heavy atom. The van der Waals surface area contributed by atoms with Gasteiger partial charge in [-0.25, -0.2) is 0 Å². The van der Waals surface area contributed by atoms with Crippen LogP contribution in [0.15, 0.2) is 0 Å². The molecular formula is C12H24N. The molecule has 0 heterocycles. The highest BCUT2D eigenvalue weighted by molar-refractivity contribution is 4.80. The average molecular weight is 182 g/mol. The zero-order chi connectivity index (χ0) is 9.52. The van der Waals surface area contributed by atoms with Gasteiger partial charge in [-0.15, -0.1) is 0 Å². The molecule has 13 heavy (non-hydrogen) atoms. The molecule has 1 fully saturated rings. The summed E-state index contributed by atoms with van der Waals surface area (Å²) in [5.41, 5.74) is 0. The molecule has 0 aromatic heterocycles. The van der Waals surface area contributed by atoms with Crippen molar-refractivity contribution in [2.24, 2.45) is 5.92 Å². The third kappa shape index (κ3) is 3.68. The lowest BCUT2D eigenvalue weighted by molar-refractivity contribution is 0.267. The summed E-state index contributed by atoms with van der Waals surface area (Å²) >= 11 is 0. The first-order chi connectivity index (χ1) is 6.38. The van der Waals surface area contributed by atoms with E-state index in [0.29, 0.717) is 0 Å². The molecule has 1 rings (SSSR count). The number of nitrogens with one attached hydrogen (secondary N) is 1. The van der Waals surface area contributed by atoms with Crippen LogP contribution in [0.1, 0.15) is 58.8 Å². The molecule has 77 valence electrons. The largest absolute Gasteiger partial charge is 0.310 e. The zero-order valence-corrected chi connectivity index (χ0v) is 9.18. The Labute approximate surface area is 83.3 Å². The van der Waals surface area contributed by atoms with Gasteiger partial charge in [-0.2, -0.15) is 0 Å². The van der Waals surface area contributed by atoms with Crippen molar-refractivity contribution in [2.45, 2.75) is 64.8 Å². The van der Waals surface area contributed by atoms with Crippen LogP contribution in [0.2, 0.25) is 0 Å². The Balaban J connectivity index is 2.32. The van der Waals surface area contributed by atoms with Crippen molar-refractivity contribution in [3.63, 3.8) is 0 Å². The maximum Gasteiger partial charge on any atom is 0.0193 e. The lowest BCUT2D eigenvalue weighted by atomic mass is 9.82. The van der Waals surface area contributed by atoms with Gasteiger partial charge in [0.15, 0.2) is 0 Å². The molecule has 1 aliphatic rings. The third-order valence-electron chi connectivity index (χ3n) is 3.20. The van der Waals surface area contributed by atoms with Crippen LogP contribution >= 0.6 is 0 Å². The Morgan fingerprint density at radius 3 is 2.54 bits per heavy atom. The van der Waals surface area contributed by atoms with Crippen LogP contribution in [-0.4, -0.2) is 6.04 Å². The molecule has 0 aromatic carbocycles. The highest BCUT2D eigenvalue weighted by Crippen LogP contribution is 2.28. The fraction of sp³-hybridized carbons (Fsp3) is 0.917. The van der Waals surface area contributed by atoms with E-state index in [-0.39, 0.29) is 0 Å². The number of hydrogen-bond donors (Lipinski definition) is 1. The van der Waals surface area contributed by atoms with Crippen molar-refractivity contribution < 1.29 is 0 Å². The Bertz CT molecular complexity index is 110. The predicted octanol–water partition coefficient (Wildman–Crippen LogP) is 3.51. The highest BCUT2D eigenvalue weighted by atomic mass is 14.9. The summed E-state index contributed by atoms with van der Waals surface area (Å²) in [6, 6.07) is 0.760. The summed E-state index contributed by atoms with van der Waals surface area (Å²) in [5, 5.41) is 3.53. The normalized spacial score (nSPS) is 21.7. The molecule has 1 radical (unpaired) electrons. The Hall–Kier alpha value is -0.0400. The molecule has 1 saturated carbocycles. The molecule has 1 nitrogen and oxygen atoms in total. The average Bonchev–Trinajstić information content (AvgIpc) is 2.19. The molecule has 1 heteroatoms. The quantitative estimate of drug-likeness (QED) is 0.686. The molecule has 0 aliphatic heterocycles. The van der Waals surface area contributed by atoms with Gasteiger partial charge in [-0.1, -0.05) is 32.6 Å². The minimum atomic E-state index is 0.760. The highest BCUT2D eigenvalue weighted by Gasteiger charge is 2.21. The third-order valence-corrected chi connectivity index (χ3v) is 3.20. The predicted molar refractivity (Wildman–Crippen MR) is 58.4 cm³/mol. The molecule has 0 aromatic rings. The van der Waals surface area contributed by atoms with Gasteiger partial charge in [0.25, 0.3) is 0 Å². The van der Waals surface area contributed by atoms with Crippen molar-refractivity contribution in [3.05, 3.63) is 6.54 Å². The van der Waals surface area contributed by atoms with Gasteiger partial charge < -0.3 is 5.32 Å². The van der Waals surface area contributed by atoms with Crippen LogP contribution in [0.25, 0.3) is 0 Å². The standard InChI is InChI=1S/C12H24N/c1-3-8-12(13-4-2)11-9-6-5-7-10-11/h4,11-13H,3,5-10H2,1-2H3. The van der Waals surface area contributed by atoms with Gasteiger partial charge in [0.05, 0.1) is 0 Å². The molecule has 1 atom stereocenters. The van der Waals surface area contributed by atoms with Crippen molar-refractivity contribution in [2.75, 3.05) is 0 Å². The van der Waals surface area contributed by atoms with Gasteiger partial charge >= 0.3 is 0 Å². The topological polar surface area (TPSA) is 12.0 Å². The van der Waals surface area contributed by atoms with E-state index in [0.717, 1.165) is 12.0 Å². The summed E-state index contributed by atoms with van der Waals surface area (Å²) < 4.78 is 0. The number of rotatable bonds is 5. The molecule has 1 aliphatic carbocycles. The summed E-state index contributed by atoms with van der Waals surface area (Å²) in [5.74, 6) is 0.949. The van der Waals surface area contributed by atoms with E-state index in [1.807, 2.05) is 0 Å². The van der Waals surface area contributed by atoms with Gasteiger partial charge in [0, 0.05) is 12.6 Å². The van der Waals surface area contributed by atoms with E-state index >= 15 is 0 Å². The molecule has 0 saturated heterocycles. The van der Waals surface area contributed by atoms with Crippen molar-refractivity contribution in [1.82, 2.24) is 5.32 Å². The smallest absolute Gasteiger partial charge is 0.0193 e. The molecular weight excluding hydrogens is 158 g/mol. The summed E-state index contributed by atoms with van der Waals surface area (Å²) in [6.07, 6.45) is 9.92. The summed E-state index contributed by atoms with van der Waals surface area (Å²) in [7, 11) is 0. The summed E-state index contributed by atoms with van der Waals surface area (Å²) in [4.78, 5) is 0. The zero-order valence-electron chi connectivity index (χ0n) is 9.18. The first-order valence-electron chi connectivity index (χ1n) is 5.92. The lowest BCUT2D eigenvalue weighted by Crippen LogP contribution is -2.35. The van der Waals surface area contributed by atoms with E-state index in [1.54, 1.807) is 0 Å². The minimum Gasteiger partial charge on any atom is -0.310 e. The molecule has 0 spiro atoms. The summed E-state index contributed by atoms with van der Waals surface area (Å²) in [6.45, 7) is 6.51. The van der Waals surface area contributed by atoms with E-state index in [1.165, 1.54) is 44.9 Å². The van der Waals surface area contributed by atoms with Gasteiger partial charge in [-0.05, 0) is 32.1 Å². The van der Waals surface area contributed by atoms with Crippen LogP contribution < -0.4 is 5.32 Å². The van der Waals surface area contributed by atoms with Crippen LogP contribution in [0.3, 0.4) is 0 Å². The van der Waals surface area contributed by atoms with Gasteiger partial charge in [-0.3, -0.25) is 0 Å². The molecule has 1 N–H and O–H groups in total. The van der Waals surface area contributed by atoms with Crippen molar-refractivity contribution in [3.8, 4) is 0 Å². The Kier molecular flexibility index (Phi) is 5.45. The monoisotopic (exact) mass is 182 g/mol. The second kappa shape index (κ2) is 6.42. The van der Waals surface area contributed by atoms with Gasteiger partial charge in [0.1, 0.15) is 0 Å². The molecule has 0 bridgehead atoms. The van der Waals surface area contributed by atoms with E-state index < -0.39 is 0 Å². The minimum absolute atomic E-state index is 0.760. The lowest BCUT2D eigenvalue weighted by Gasteiger charge is -2.30. The first kappa shape index (κ1) is 11.0. The fourth-order valence-corrected chi connectivity index (χ4v) is 2.52. The van der Waals surface area contributed by atoms with E-state index in [9.17, 15) is 0 Å². The molecule has 0 amide bonds. The van der Waals surface area contributed by atoms with Crippen LogP contribution in [0.5, 0.6) is 0 Å². The Morgan fingerprint density at radius 2 is 2.00 bits per heavy atom. The van der Waals surface area contributed by atoms with Gasteiger partial charge in [0.2, 0.25) is 0 Å². The van der Waals surface area contributed by atoms with Crippen molar-refractivity contribution >= 4 is 0 Å². The van der Waals surface area contributed by atoms with Crippen LogP contribution in [0, 0.1) is 12.5 Å². The fourth-order valence-electron chi connectivity index (χ4n) is 2.52. The SMILES string of the molecule is C[CH]NC(CCC)C1CCCCC1. The first-order valence-corrected chi connectivity index (χ1v) is 5.92. The maximum absolute atomic E-state index is 3.53. The second-order valence-electron chi connectivity index (χ2n) is 4.25. The number of hydrogen-bond acceptors (Lipinski definition) is 1. The van der Waals surface area contributed by atoms with Crippen LogP contribution in [-0.2, 0) is 0 Å². The van der Waals surface area contributed by atoms with E-state index in [2.05, 4.69) is 25.7 Å². The maximum atomic E-state index is 3.53. The van der Waals surface area contributed by atoms with Crippen molar-refractivity contribution in [1.29, 1.82) is 0 Å².